The number of aliphatic imine (C=N–C) groups is 1. The molecule has 1 aromatic carbocycles. The van der Waals surface area contributed by atoms with Crippen molar-refractivity contribution in [1.82, 2.24) is 0 Å². The molecule has 1 aromatic heterocycles. The first-order valence-electron chi connectivity index (χ1n) is 6.07. The highest BCUT2D eigenvalue weighted by Crippen LogP contribution is 2.32. The first kappa shape index (κ1) is 14.9. The molecule has 0 spiro atoms. The van der Waals surface area contributed by atoms with Gasteiger partial charge in [-0.3, -0.25) is 4.79 Å². The van der Waals surface area contributed by atoms with Gasteiger partial charge in [0.25, 0.3) is 0 Å². The highest BCUT2D eigenvalue weighted by molar-refractivity contribution is 14.1. The molecule has 106 valence electrons. The number of benzene rings is 1. The summed E-state index contributed by atoms with van der Waals surface area (Å²) in [6.45, 7) is 1.85. The average molecular weight is 430 g/mol. The Labute approximate surface area is 144 Å². The van der Waals surface area contributed by atoms with E-state index in [1.54, 1.807) is 6.08 Å². The molecule has 0 fully saturated rings. The molecular weight excluding hydrogens is 421 g/mol. The highest BCUT2D eigenvalue weighted by atomic mass is 127. The third-order valence-electron chi connectivity index (χ3n) is 2.82. The van der Waals surface area contributed by atoms with Gasteiger partial charge in [-0.2, -0.15) is 0 Å². The zero-order valence-corrected chi connectivity index (χ0v) is 14.6. The number of nitrogens with zero attached hydrogens (tertiary/aromatic N) is 1. The summed E-state index contributed by atoms with van der Waals surface area (Å²) in [7, 11) is 0. The van der Waals surface area contributed by atoms with Crippen molar-refractivity contribution < 1.29 is 9.21 Å². The Morgan fingerprint density at radius 2 is 2.14 bits per heavy atom. The van der Waals surface area contributed by atoms with Gasteiger partial charge in [-0.05, 0) is 71.6 Å². The van der Waals surface area contributed by atoms with Gasteiger partial charge in [-0.25, -0.2) is 4.99 Å². The van der Waals surface area contributed by atoms with Crippen molar-refractivity contribution in [3.05, 3.63) is 61.7 Å². The number of carbonyl (C=O) groups excluding carboxylic acids is 1. The number of rotatable bonds is 2. The molecule has 0 saturated carbocycles. The van der Waals surface area contributed by atoms with Crippen LogP contribution in [0.25, 0.3) is 6.08 Å². The molecule has 0 radical (unpaired) electrons. The second-order valence-corrected chi connectivity index (χ2v) is 7.02. The molecule has 1 aliphatic rings. The summed E-state index contributed by atoms with van der Waals surface area (Å²) in [6, 6.07) is 9.30. The zero-order chi connectivity index (χ0) is 15.0. The predicted octanol–water partition coefficient (Wildman–Crippen LogP) is 4.91. The van der Waals surface area contributed by atoms with Gasteiger partial charge in [0.1, 0.15) is 22.3 Å². The van der Waals surface area contributed by atoms with Crippen LogP contribution in [0.5, 0.6) is 0 Å². The SMILES string of the molecule is Cc1ccc(C=C2N=C(c3cc(I)ccc3Cl)SC2=O)o1. The van der Waals surface area contributed by atoms with Crippen LogP contribution in [0.1, 0.15) is 17.1 Å². The fourth-order valence-corrected chi connectivity index (χ4v) is 3.41. The summed E-state index contributed by atoms with van der Waals surface area (Å²) in [5.41, 5.74) is 1.15. The fraction of sp³-hybridized carbons (Fsp3) is 0.0667. The molecule has 2 heterocycles. The number of hydrogen-bond acceptors (Lipinski definition) is 4. The summed E-state index contributed by atoms with van der Waals surface area (Å²) in [6.07, 6.45) is 1.65. The fourth-order valence-electron chi connectivity index (χ4n) is 1.85. The lowest BCUT2D eigenvalue weighted by Gasteiger charge is -2.02. The highest BCUT2D eigenvalue weighted by Gasteiger charge is 2.25. The Morgan fingerprint density at radius 3 is 2.86 bits per heavy atom. The van der Waals surface area contributed by atoms with Crippen LogP contribution in [-0.2, 0) is 4.79 Å². The molecular formula is C15H9ClINO2S. The van der Waals surface area contributed by atoms with Gasteiger partial charge >= 0.3 is 0 Å². The maximum atomic E-state index is 12.1. The lowest BCUT2D eigenvalue weighted by molar-refractivity contribution is -0.107. The Balaban J connectivity index is 1.99. The Hall–Kier alpha value is -1.05. The van der Waals surface area contributed by atoms with Gasteiger partial charge in [0.05, 0.1) is 5.02 Å². The predicted molar refractivity (Wildman–Crippen MR) is 94.7 cm³/mol. The molecule has 2 aromatic rings. The maximum absolute atomic E-state index is 12.1. The lowest BCUT2D eigenvalue weighted by atomic mass is 10.2. The van der Waals surface area contributed by atoms with Crippen molar-refractivity contribution in [3.63, 3.8) is 0 Å². The molecule has 6 heteroatoms. The standard InChI is InChI=1S/C15H9ClINO2S/c1-8-2-4-10(20-8)7-13-15(19)21-14(18-13)11-6-9(17)3-5-12(11)16/h2-7H,1H3. The maximum Gasteiger partial charge on any atom is 0.244 e. The molecule has 0 N–H and O–H groups in total. The Kier molecular flexibility index (Phi) is 4.24. The first-order chi connectivity index (χ1) is 10.0. The number of carbonyl (C=O) groups is 1. The quantitative estimate of drug-likeness (QED) is 0.503. The number of halogens is 2. The van der Waals surface area contributed by atoms with Gasteiger partial charge in [-0.15, -0.1) is 0 Å². The van der Waals surface area contributed by atoms with Crippen LogP contribution < -0.4 is 0 Å². The lowest BCUT2D eigenvalue weighted by Crippen LogP contribution is -1.94. The Morgan fingerprint density at radius 1 is 1.33 bits per heavy atom. The van der Waals surface area contributed by atoms with Crippen molar-refractivity contribution in [2.45, 2.75) is 6.92 Å². The molecule has 0 atom stereocenters. The van der Waals surface area contributed by atoms with E-state index in [-0.39, 0.29) is 5.12 Å². The van der Waals surface area contributed by atoms with Crippen LogP contribution in [0.2, 0.25) is 5.02 Å². The summed E-state index contributed by atoms with van der Waals surface area (Å²) in [5.74, 6) is 1.42. The molecule has 21 heavy (non-hydrogen) atoms. The summed E-state index contributed by atoms with van der Waals surface area (Å²) in [4.78, 5) is 16.4. The van der Waals surface area contributed by atoms with Crippen LogP contribution in [0.15, 0.2) is 45.4 Å². The normalized spacial score (nSPS) is 16.6. The van der Waals surface area contributed by atoms with Crippen LogP contribution in [-0.4, -0.2) is 10.2 Å². The third-order valence-corrected chi connectivity index (χ3v) is 4.72. The van der Waals surface area contributed by atoms with Crippen molar-refractivity contribution in [1.29, 1.82) is 0 Å². The molecule has 0 bridgehead atoms. The molecule has 0 amide bonds. The van der Waals surface area contributed by atoms with E-state index in [1.807, 2.05) is 37.3 Å². The van der Waals surface area contributed by atoms with E-state index in [2.05, 4.69) is 27.6 Å². The summed E-state index contributed by atoms with van der Waals surface area (Å²) in [5, 5.41) is 1.11. The summed E-state index contributed by atoms with van der Waals surface area (Å²) < 4.78 is 6.49. The number of aryl methyl sites for hydroxylation is 1. The van der Waals surface area contributed by atoms with Crippen LogP contribution in [0, 0.1) is 10.5 Å². The van der Waals surface area contributed by atoms with Crippen LogP contribution in [0.4, 0.5) is 0 Å². The van der Waals surface area contributed by atoms with E-state index in [4.69, 9.17) is 16.0 Å². The number of hydrogen-bond donors (Lipinski definition) is 0. The average Bonchev–Trinajstić information content (AvgIpc) is 3.00. The minimum Gasteiger partial charge on any atom is -0.462 e. The van der Waals surface area contributed by atoms with Gasteiger partial charge in [-0.1, -0.05) is 11.6 Å². The Bertz CT molecular complexity index is 795. The molecule has 0 unspecified atom stereocenters. The second kappa shape index (κ2) is 5.98. The van der Waals surface area contributed by atoms with Crippen molar-refractivity contribution >= 4 is 62.2 Å². The van der Waals surface area contributed by atoms with Gasteiger partial charge in [0, 0.05) is 15.2 Å². The van der Waals surface area contributed by atoms with Gasteiger partial charge < -0.3 is 4.42 Å². The van der Waals surface area contributed by atoms with Gasteiger partial charge in [0.15, 0.2) is 0 Å². The van der Waals surface area contributed by atoms with Gasteiger partial charge in [0.2, 0.25) is 5.12 Å². The van der Waals surface area contributed by atoms with Crippen LogP contribution >= 0.6 is 46.0 Å². The second-order valence-electron chi connectivity index (χ2n) is 4.41. The molecule has 0 aliphatic carbocycles. The van der Waals surface area contributed by atoms with E-state index in [0.717, 1.165) is 26.7 Å². The molecule has 0 saturated heterocycles. The molecule has 1 aliphatic heterocycles. The zero-order valence-electron chi connectivity index (χ0n) is 10.9. The van der Waals surface area contributed by atoms with E-state index in [9.17, 15) is 4.79 Å². The minimum atomic E-state index is -0.103. The monoisotopic (exact) mass is 429 g/mol. The van der Waals surface area contributed by atoms with Crippen LogP contribution in [0.3, 0.4) is 0 Å². The largest absolute Gasteiger partial charge is 0.462 e. The minimum absolute atomic E-state index is 0.103. The van der Waals surface area contributed by atoms with E-state index >= 15 is 0 Å². The van der Waals surface area contributed by atoms with E-state index < -0.39 is 0 Å². The van der Waals surface area contributed by atoms with Crippen molar-refractivity contribution in [2.75, 3.05) is 0 Å². The smallest absolute Gasteiger partial charge is 0.244 e. The number of thioether (sulfide) groups is 1. The van der Waals surface area contributed by atoms with Crippen molar-refractivity contribution in [2.24, 2.45) is 4.99 Å². The van der Waals surface area contributed by atoms with Crippen molar-refractivity contribution in [3.8, 4) is 0 Å². The summed E-state index contributed by atoms with van der Waals surface area (Å²) >= 11 is 9.48. The van der Waals surface area contributed by atoms with E-state index in [1.165, 1.54) is 0 Å². The molecule has 3 rings (SSSR count). The number of furan rings is 1. The first-order valence-corrected chi connectivity index (χ1v) is 8.35. The topological polar surface area (TPSA) is 42.6 Å². The third kappa shape index (κ3) is 3.25. The van der Waals surface area contributed by atoms with E-state index in [0.29, 0.717) is 21.5 Å². The molecule has 3 nitrogen and oxygen atoms in total.